The van der Waals surface area contributed by atoms with E-state index in [0.29, 0.717) is 0 Å². The number of ether oxygens (including phenoxy) is 2. The van der Waals surface area contributed by atoms with Crippen molar-refractivity contribution in [3.63, 3.8) is 0 Å². The first-order chi connectivity index (χ1) is 26.0. The SMILES string of the molecule is CC(C)(C)[Si](C)(C)OC[C@@H](NC(=O)OCC1c2ccccc2-c2ccccc21)C(OC=O)C(=O)NC(c1ccccc1)(c1ccccc1)c1ccccc1. The molecule has 2 N–H and O–H groups in total. The molecule has 2 atom stereocenters. The van der Waals surface area contributed by atoms with E-state index >= 15 is 0 Å². The van der Waals surface area contributed by atoms with E-state index in [1.54, 1.807) is 0 Å². The zero-order chi connectivity index (χ0) is 38.3. The van der Waals surface area contributed by atoms with Crippen LogP contribution in [0.15, 0.2) is 140 Å². The maximum Gasteiger partial charge on any atom is 0.407 e. The maximum absolute atomic E-state index is 14.8. The van der Waals surface area contributed by atoms with Gasteiger partial charge in [0.1, 0.15) is 18.2 Å². The molecule has 0 radical (unpaired) electrons. The predicted molar refractivity (Wildman–Crippen MR) is 213 cm³/mol. The summed E-state index contributed by atoms with van der Waals surface area (Å²) < 4.78 is 18.1. The second-order valence-electron chi connectivity index (χ2n) is 15.1. The van der Waals surface area contributed by atoms with Crippen molar-refractivity contribution in [2.45, 2.75) is 62.5 Å². The molecule has 0 heterocycles. The molecular formula is C45H48N2O6Si. The summed E-state index contributed by atoms with van der Waals surface area (Å²) in [6, 6.07) is 44.0. The van der Waals surface area contributed by atoms with Crippen LogP contribution in [0.3, 0.4) is 0 Å². The van der Waals surface area contributed by atoms with Crippen LogP contribution in [0.1, 0.15) is 54.5 Å². The number of nitrogens with one attached hydrogen (secondary N) is 2. The highest BCUT2D eigenvalue weighted by Gasteiger charge is 2.44. The lowest BCUT2D eigenvalue weighted by Crippen LogP contribution is -2.59. The Hall–Kier alpha value is -5.51. The van der Waals surface area contributed by atoms with E-state index in [4.69, 9.17) is 13.9 Å². The third-order valence-corrected chi connectivity index (χ3v) is 15.3. The van der Waals surface area contributed by atoms with Crippen molar-refractivity contribution < 1.29 is 28.3 Å². The standard InChI is InChI=1S/C45H48N2O6Si/c1-44(2,3)54(4,5)53-30-40(46-43(50)51-29-39-37-27-17-15-25-35(37)36-26-16-18-28-38(36)39)41(52-31-48)42(49)47-45(32-19-9-6-10-20-32,33-21-11-7-12-22-33)34-23-13-8-14-24-34/h6-28,31,39-41H,29-30H2,1-5H3,(H,46,50)(H,47,49)/t40-,41?/m1/s1. The number of amides is 2. The summed E-state index contributed by atoms with van der Waals surface area (Å²) in [5.74, 6) is -0.792. The van der Waals surface area contributed by atoms with E-state index in [1.807, 2.05) is 127 Å². The third-order valence-electron chi connectivity index (χ3n) is 10.8. The van der Waals surface area contributed by atoms with Crippen molar-refractivity contribution >= 4 is 26.8 Å². The van der Waals surface area contributed by atoms with Crippen LogP contribution in [0.5, 0.6) is 0 Å². The number of hydrogen-bond donors (Lipinski definition) is 2. The first-order valence-corrected chi connectivity index (χ1v) is 21.2. The van der Waals surface area contributed by atoms with E-state index in [1.165, 1.54) is 0 Å². The van der Waals surface area contributed by atoms with E-state index in [9.17, 15) is 14.4 Å². The average molecular weight is 741 g/mol. The Morgan fingerprint density at radius 1 is 0.704 bits per heavy atom. The van der Waals surface area contributed by atoms with Crippen LogP contribution < -0.4 is 10.6 Å². The molecule has 9 heteroatoms. The summed E-state index contributed by atoms with van der Waals surface area (Å²) in [7, 11) is -2.41. The summed E-state index contributed by atoms with van der Waals surface area (Å²) in [5.41, 5.74) is 5.54. The molecule has 0 aliphatic heterocycles. The number of hydrogen-bond acceptors (Lipinski definition) is 6. The van der Waals surface area contributed by atoms with Crippen LogP contribution in [0.2, 0.25) is 18.1 Å². The van der Waals surface area contributed by atoms with Gasteiger partial charge in [0, 0.05) is 5.92 Å². The molecule has 5 aromatic carbocycles. The number of carbonyl (C=O) groups excluding carboxylic acids is 3. The fraction of sp³-hybridized carbons (Fsp3) is 0.267. The van der Waals surface area contributed by atoms with Crippen molar-refractivity contribution in [3.8, 4) is 11.1 Å². The van der Waals surface area contributed by atoms with Gasteiger partial charge in [0.25, 0.3) is 12.4 Å². The summed E-state index contributed by atoms with van der Waals surface area (Å²) >= 11 is 0. The fourth-order valence-corrected chi connectivity index (χ4v) is 7.98. The molecule has 1 aliphatic carbocycles. The zero-order valence-corrected chi connectivity index (χ0v) is 32.5. The molecule has 5 aromatic rings. The molecule has 6 rings (SSSR count). The van der Waals surface area contributed by atoms with Crippen LogP contribution in [-0.4, -0.2) is 52.1 Å². The van der Waals surface area contributed by atoms with E-state index in [2.05, 4.69) is 56.6 Å². The molecule has 54 heavy (non-hydrogen) atoms. The third kappa shape index (κ3) is 7.88. The lowest BCUT2D eigenvalue weighted by Gasteiger charge is -2.40. The molecule has 1 aliphatic rings. The highest BCUT2D eigenvalue weighted by atomic mass is 28.4. The van der Waals surface area contributed by atoms with Gasteiger partial charge in [0.15, 0.2) is 8.32 Å². The summed E-state index contributed by atoms with van der Waals surface area (Å²) in [6.45, 7) is 10.7. The molecule has 0 saturated carbocycles. The summed E-state index contributed by atoms with van der Waals surface area (Å²) in [4.78, 5) is 40.8. The van der Waals surface area contributed by atoms with Crippen LogP contribution in [0.4, 0.5) is 4.79 Å². The molecule has 278 valence electrons. The second kappa shape index (κ2) is 16.2. The van der Waals surface area contributed by atoms with Gasteiger partial charge in [-0.05, 0) is 57.1 Å². The van der Waals surface area contributed by atoms with Crippen molar-refractivity contribution in [2.24, 2.45) is 0 Å². The maximum atomic E-state index is 14.8. The van der Waals surface area contributed by atoms with Gasteiger partial charge in [-0.2, -0.15) is 0 Å². The quantitative estimate of drug-likeness (QED) is 0.0672. The number of rotatable bonds is 14. The van der Waals surface area contributed by atoms with Gasteiger partial charge in [-0.15, -0.1) is 0 Å². The molecule has 1 unspecified atom stereocenters. The number of alkyl carbamates (subject to hydrolysis) is 1. The van der Waals surface area contributed by atoms with Gasteiger partial charge in [-0.25, -0.2) is 4.79 Å². The highest BCUT2D eigenvalue weighted by Crippen LogP contribution is 2.44. The van der Waals surface area contributed by atoms with Gasteiger partial charge in [0.05, 0.1) is 6.61 Å². The van der Waals surface area contributed by atoms with Crippen molar-refractivity contribution in [1.82, 2.24) is 10.6 Å². The van der Waals surface area contributed by atoms with Gasteiger partial charge in [-0.1, -0.05) is 160 Å². The first-order valence-electron chi connectivity index (χ1n) is 18.3. The van der Waals surface area contributed by atoms with E-state index in [-0.39, 0.29) is 30.6 Å². The minimum Gasteiger partial charge on any atom is -0.452 e. The second-order valence-corrected chi connectivity index (χ2v) is 19.9. The lowest BCUT2D eigenvalue weighted by atomic mass is 9.76. The molecule has 0 fully saturated rings. The fourth-order valence-electron chi connectivity index (χ4n) is 6.95. The average Bonchev–Trinajstić information content (AvgIpc) is 3.51. The molecule has 8 nitrogen and oxygen atoms in total. The molecule has 2 amide bonds. The Labute approximate surface area is 319 Å². The summed E-state index contributed by atoms with van der Waals surface area (Å²) in [6.07, 6.45) is -2.24. The Bertz CT molecular complexity index is 1910. The Morgan fingerprint density at radius 3 is 1.59 bits per heavy atom. The van der Waals surface area contributed by atoms with Gasteiger partial charge < -0.3 is 24.5 Å². The Kier molecular flexibility index (Phi) is 11.5. The highest BCUT2D eigenvalue weighted by molar-refractivity contribution is 6.74. The van der Waals surface area contributed by atoms with Crippen molar-refractivity contribution in [1.29, 1.82) is 0 Å². The zero-order valence-electron chi connectivity index (χ0n) is 31.5. The normalized spacial score (nSPS) is 13.9. The van der Waals surface area contributed by atoms with Crippen LogP contribution >= 0.6 is 0 Å². The van der Waals surface area contributed by atoms with Gasteiger partial charge in [-0.3, -0.25) is 9.59 Å². The molecule has 0 bridgehead atoms. The number of carbonyl (C=O) groups is 3. The van der Waals surface area contributed by atoms with Gasteiger partial charge >= 0.3 is 6.09 Å². The lowest BCUT2D eigenvalue weighted by molar-refractivity contribution is -0.148. The largest absolute Gasteiger partial charge is 0.452 e. The number of fused-ring (bicyclic) bond motifs is 3. The van der Waals surface area contributed by atoms with E-state index in [0.717, 1.165) is 38.9 Å². The van der Waals surface area contributed by atoms with Crippen LogP contribution in [0.25, 0.3) is 11.1 Å². The van der Waals surface area contributed by atoms with Crippen molar-refractivity contribution in [2.75, 3.05) is 13.2 Å². The number of benzene rings is 5. The van der Waals surface area contributed by atoms with Gasteiger partial charge in [0.2, 0.25) is 6.10 Å². The summed E-state index contributed by atoms with van der Waals surface area (Å²) in [5, 5.41) is 5.99. The molecule has 0 saturated heterocycles. The smallest absolute Gasteiger partial charge is 0.407 e. The minimum atomic E-state index is -2.41. The van der Waals surface area contributed by atoms with Crippen LogP contribution in [-0.2, 0) is 29.0 Å². The molecular weight excluding hydrogens is 693 g/mol. The van der Waals surface area contributed by atoms with Crippen LogP contribution in [0, 0.1) is 0 Å². The Balaban J connectivity index is 1.33. The Morgan fingerprint density at radius 2 is 1.15 bits per heavy atom. The topological polar surface area (TPSA) is 103 Å². The van der Waals surface area contributed by atoms with E-state index < -0.39 is 38.0 Å². The first kappa shape index (κ1) is 38.2. The predicted octanol–water partition coefficient (Wildman–Crippen LogP) is 8.57. The minimum absolute atomic E-state index is 0.0696. The molecule has 0 spiro atoms. The molecule has 0 aromatic heterocycles. The monoisotopic (exact) mass is 740 g/mol. The van der Waals surface area contributed by atoms with Crippen molar-refractivity contribution in [3.05, 3.63) is 167 Å².